The molecule has 2 aliphatic carbocycles. The van der Waals surface area contributed by atoms with E-state index in [2.05, 4.69) is 4.98 Å². The van der Waals surface area contributed by atoms with E-state index in [-0.39, 0.29) is 5.97 Å². The molecule has 3 atom stereocenters. The van der Waals surface area contributed by atoms with Crippen LogP contribution in [0.5, 0.6) is 5.75 Å². The third-order valence-corrected chi connectivity index (χ3v) is 5.34. The molecule has 0 aliphatic heterocycles. The Labute approximate surface area is 129 Å². The zero-order chi connectivity index (χ0) is 15.3. The first kappa shape index (κ1) is 13.6. The number of aromatic amines is 1. The predicted octanol–water partition coefficient (Wildman–Crippen LogP) is 3.26. The van der Waals surface area contributed by atoms with Crippen LogP contribution in [0.4, 0.5) is 0 Å². The molecule has 5 nitrogen and oxygen atoms in total. The van der Waals surface area contributed by atoms with Crippen molar-refractivity contribution in [1.29, 1.82) is 0 Å². The van der Waals surface area contributed by atoms with Crippen LogP contribution < -0.4 is 4.74 Å². The molecule has 22 heavy (non-hydrogen) atoms. The quantitative estimate of drug-likeness (QED) is 0.884. The normalized spacial score (nSPS) is 26.5. The second-order valence-corrected chi connectivity index (χ2v) is 6.43. The molecule has 0 saturated heterocycles. The number of hydrogen-bond donors (Lipinski definition) is 1. The van der Waals surface area contributed by atoms with Crippen LogP contribution in [0, 0.1) is 11.8 Å². The van der Waals surface area contributed by atoms with Gasteiger partial charge in [0.25, 0.3) is 0 Å². The summed E-state index contributed by atoms with van der Waals surface area (Å²) in [6.07, 6.45) is 5.19. The Morgan fingerprint density at radius 3 is 2.77 bits per heavy atom. The van der Waals surface area contributed by atoms with Crippen molar-refractivity contribution < 1.29 is 14.3 Å². The Morgan fingerprint density at radius 2 is 2.14 bits per heavy atom. The number of nitrogens with zero attached hydrogens (tertiary/aromatic N) is 1. The molecule has 2 aliphatic rings. The van der Waals surface area contributed by atoms with Crippen LogP contribution in [-0.4, -0.2) is 30.2 Å². The van der Waals surface area contributed by atoms with Crippen molar-refractivity contribution in [3.63, 3.8) is 0 Å². The highest BCUT2D eigenvalue weighted by Gasteiger charge is 2.41. The standard InChI is InChI=1S/C17H20N2O3/c1-21-13-6-5-11(17(20)22-2)14-15(13)19-16(18-14)12-8-9-3-4-10(12)7-9/h5-6,9-10,12H,3-4,7-8H2,1-2H3,(H,18,19). The van der Waals surface area contributed by atoms with Crippen molar-refractivity contribution in [2.24, 2.45) is 11.8 Å². The fourth-order valence-electron chi connectivity index (χ4n) is 4.29. The van der Waals surface area contributed by atoms with Gasteiger partial charge in [-0.3, -0.25) is 0 Å². The average Bonchev–Trinajstić information content (AvgIpc) is 3.26. The summed E-state index contributed by atoms with van der Waals surface area (Å²) in [5.41, 5.74) is 1.94. The highest BCUT2D eigenvalue weighted by Crippen LogP contribution is 2.52. The van der Waals surface area contributed by atoms with Crippen molar-refractivity contribution in [3.05, 3.63) is 23.5 Å². The molecule has 1 aromatic carbocycles. The number of H-pyrrole nitrogens is 1. The Bertz CT molecular complexity index is 737. The van der Waals surface area contributed by atoms with Gasteiger partial charge in [-0.05, 0) is 43.2 Å². The summed E-state index contributed by atoms with van der Waals surface area (Å²) >= 11 is 0. The lowest BCUT2D eigenvalue weighted by molar-refractivity contribution is 0.0603. The van der Waals surface area contributed by atoms with Crippen LogP contribution in [0.3, 0.4) is 0 Å². The van der Waals surface area contributed by atoms with Gasteiger partial charge < -0.3 is 14.5 Å². The zero-order valence-corrected chi connectivity index (χ0v) is 12.9. The van der Waals surface area contributed by atoms with Crippen molar-refractivity contribution in [3.8, 4) is 5.75 Å². The third kappa shape index (κ3) is 1.91. The second-order valence-electron chi connectivity index (χ2n) is 6.43. The summed E-state index contributed by atoms with van der Waals surface area (Å²) in [4.78, 5) is 20.1. The van der Waals surface area contributed by atoms with E-state index in [1.807, 2.05) is 0 Å². The largest absolute Gasteiger partial charge is 0.494 e. The summed E-state index contributed by atoms with van der Waals surface area (Å²) in [7, 11) is 3.02. The molecular formula is C17H20N2O3. The van der Waals surface area contributed by atoms with Gasteiger partial charge in [-0.2, -0.15) is 0 Å². The van der Waals surface area contributed by atoms with Gasteiger partial charge in [0.15, 0.2) is 0 Å². The average molecular weight is 300 g/mol. The number of imidazole rings is 1. The molecule has 4 rings (SSSR count). The first-order valence-electron chi connectivity index (χ1n) is 7.86. The van der Waals surface area contributed by atoms with Crippen molar-refractivity contribution >= 4 is 17.0 Å². The molecule has 0 amide bonds. The first-order valence-corrected chi connectivity index (χ1v) is 7.86. The van der Waals surface area contributed by atoms with Crippen LogP contribution in [0.25, 0.3) is 11.0 Å². The maximum Gasteiger partial charge on any atom is 0.340 e. The van der Waals surface area contributed by atoms with Gasteiger partial charge in [-0.25, -0.2) is 9.78 Å². The number of hydrogen-bond acceptors (Lipinski definition) is 4. The number of aromatic nitrogens is 2. The number of fused-ring (bicyclic) bond motifs is 3. The Morgan fingerprint density at radius 1 is 1.27 bits per heavy atom. The summed E-state index contributed by atoms with van der Waals surface area (Å²) < 4.78 is 10.3. The number of methoxy groups -OCH3 is 2. The molecule has 1 aromatic heterocycles. The first-order chi connectivity index (χ1) is 10.7. The number of esters is 1. The monoisotopic (exact) mass is 300 g/mol. The third-order valence-electron chi connectivity index (χ3n) is 5.34. The van der Waals surface area contributed by atoms with Gasteiger partial charge in [0.1, 0.15) is 22.6 Å². The number of carbonyl (C=O) groups excluding carboxylic acids is 1. The van der Waals surface area contributed by atoms with Crippen LogP contribution in [-0.2, 0) is 4.74 Å². The predicted molar refractivity (Wildman–Crippen MR) is 82.2 cm³/mol. The van der Waals surface area contributed by atoms with Gasteiger partial charge in [0.2, 0.25) is 0 Å². The van der Waals surface area contributed by atoms with E-state index in [1.165, 1.54) is 32.8 Å². The van der Waals surface area contributed by atoms with E-state index in [4.69, 9.17) is 14.5 Å². The number of benzene rings is 1. The molecule has 5 heteroatoms. The summed E-state index contributed by atoms with van der Waals surface area (Å²) in [6.45, 7) is 0. The lowest BCUT2D eigenvalue weighted by Gasteiger charge is -2.19. The Balaban J connectivity index is 1.83. The minimum absolute atomic E-state index is 0.362. The molecule has 2 saturated carbocycles. The van der Waals surface area contributed by atoms with E-state index in [9.17, 15) is 4.79 Å². The van der Waals surface area contributed by atoms with Crippen LogP contribution in [0.2, 0.25) is 0 Å². The molecular weight excluding hydrogens is 280 g/mol. The van der Waals surface area contributed by atoms with Crippen molar-refractivity contribution in [1.82, 2.24) is 9.97 Å². The van der Waals surface area contributed by atoms with E-state index in [0.717, 1.165) is 23.2 Å². The molecule has 3 unspecified atom stereocenters. The molecule has 116 valence electrons. The van der Waals surface area contributed by atoms with Crippen molar-refractivity contribution in [2.45, 2.75) is 31.6 Å². The fraction of sp³-hybridized carbons (Fsp3) is 0.529. The number of nitrogens with one attached hydrogen (secondary N) is 1. The second kappa shape index (κ2) is 5.00. The molecule has 2 bridgehead atoms. The van der Waals surface area contributed by atoms with Crippen LogP contribution >= 0.6 is 0 Å². The molecule has 2 fully saturated rings. The van der Waals surface area contributed by atoms with Gasteiger partial charge >= 0.3 is 5.97 Å². The smallest absolute Gasteiger partial charge is 0.340 e. The maximum absolute atomic E-state index is 12.0. The molecule has 0 radical (unpaired) electrons. The molecule has 1 N–H and O–H groups in total. The highest BCUT2D eigenvalue weighted by molar-refractivity contribution is 6.03. The minimum Gasteiger partial charge on any atom is -0.494 e. The summed E-state index contributed by atoms with van der Waals surface area (Å²) in [5.74, 6) is 3.42. The summed E-state index contributed by atoms with van der Waals surface area (Å²) in [5, 5.41) is 0. The number of carbonyl (C=O) groups is 1. The minimum atomic E-state index is -0.362. The Kier molecular flexibility index (Phi) is 3.10. The van der Waals surface area contributed by atoms with Crippen molar-refractivity contribution in [2.75, 3.05) is 14.2 Å². The van der Waals surface area contributed by atoms with Gasteiger partial charge in [-0.1, -0.05) is 6.42 Å². The van der Waals surface area contributed by atoms with Crippen LogP contribution in [0.15, 0.2) is 12.1 Å². The molecule has 0 spiro atoms. The van der Waals surface area contributed by atoms with E-state index >= 15 is 0 Å². The highest BCUT2D eigenvalue weighted by atomic mass is 16.5. The number of ether oxygens (including phenoxy) is 2. The fourth-order valence-corrected chi connectivity index (χ4v) is 4.29. The lowest BCUT2D eigenvalue weighted by atomic mass is 9.88. The SMILES string of the molecule is COC(=O)c1ccc(OC)c2[nH]c(C3CC4CCC3C4)nc12. The van der Waals surface area contributed by atoms with Crippen LogP contribution in [0.1, 0.15) is 47.8 Å². The van der Waals surface area contributed by atoms with E-state index in [0.29, 0.717) is 22.7 Å². The summed E-state index contributed by atoms with van der Waals surface area (Å²) in [6, 6.07) is 3.51. The zero-order valence-electron chi connectivity index (χ0n) is 12.9. The number of rotatable bonds is 3. The molecule has 2 aromatic rings. The van der Waals surface area contributed by atoms with Gasteiger partial charge in [-0.15, -0.1) is 0 Å². The van der Waals surface area contributed by atoms with E-state index < -0.39 is 0 Å². The van der Waals surface area contributed by atoms with E-state index in [1.54, 1.807) is 19.2 Å². The maximum atomic E-state index is 12.0. The topological polar surface area (TPSA) is 64.2 Å². The molecule has 1 heterocycles. The van der Waals surface area contributed by atoms with Gasteiger partial charge in [0.05, 0.1) is 19.8 Å². The Hall–Kier alpha value is -2.04. The lowest BCUT2D eigenvalue weighted by Crippen LogP contribution is -2.10. The van der Waals surface area contributed by atoms with Gasteiger partial charge in [0, 0.05) is 5.92 Å².